The molecule has 6 aromatic rings. The summed E-state index contributed by atoms with van der Waals surface area (Å²) in [4.78, 5) is 8.70. The molecule has 36 heavy (non-hydrogen) atoms. The van der Waals surface area contributed by atoms with Crippen molar-refractivity contribution < 1.29 is 0 Å². The van der Waals surface area contributed by atoms with E-state index in [2.05, 4.69) is 73.4 Å². The Morgan fingerprint density at radius 2 is 1.25 bits per heavy atom. The maximum absolute atomic E-state index is 4.74. The Morgan fingerprint density at radius 3 is 1.97 bits per heavy atom. The van der Waals surface area contributed by atoms with Crippen LogP contribution in [0.2, 0.25) is 0 Å². The zero-order chi connectivity index (χ0) is 24.5. The van der Waals surface area contributed by atoms with E-state index in [0.29, 0.717) is 5.82 Å². The predicted molar refractivity (Wildman–Crippen MR) is 145 cm³/mol. The maximum atomic E-state index is 4.74. The van der Waals surface area contributed by atoms with Crippen molar-refractivity contribution in [3.8, 4) is 11.4 Å². The number of rotatable bonds is 6. The van der Waals surface area contributed by atoms with Crippen LogP contribution in [0, 0.1) is 0 Å². The summed E-state index contributed by atoms with van der Waals surface area (Å²) in [6, 6.07) is 27.9. The first kappa shape index (κ1) is 21.5. The van der Waals surface area contributed by atoms with Crippen molar-refractivity contribution in [3.05, 3.63) is 97.3 Å². The lowest BCUT2D eigenvalue weighted by molar-refractivity contribution is 0.922. The molecule has 0 atom stereocenters. The Balaban J connectivity index is 1.59. The van der Waals surface area contributed by atoms with Crippen LogP contribution in [0.25, 0.3) is 33.2 Å². The van der Waals surface area contributed by atoms with Gasteiger partial charge in [0, 0.05) is 37.3 Å². The van der Waals surface area contributed by atoms with E-state index in [1.165, 1.54) is 0 Å². The Kier molecular flexibility index (Phi) is 5.38. The zero-order valence-corrected chi connectivity index (χ0v) is 19.9. The number of hydrogen-bond acceptors (Lipinski definition) is 6. The van der Waals surface area contributed by atoms with Crippen molar-refractivity contribution in [2.45, 2.75) is 0 Å². The molecule has 0 fully saturated rings. The predicted octanol–water partition coefficient (Wildman–Crippen LogP) is 6.98. The number of pyridine rings is 2. The largest absolute Gasteiger partial charge is 0.341 e. The van der Waals surface area contributed by atoms with Gasteiger partial charge in [-0.05, 0) is 36.4 Å². The highest BCUT2D eigenvalue weighted by Crippen LogP contribution is 2.46. The fourth-order valence-corrected chi connectivity index (χ4v) is 4.62. The molecular formula is C28H24N8. The normalized spacial score (nSPS) is 11.5. The highest BCUT2D eigenvalue weighted by molar-refractivity contribution is 6.08. The lowest BCUT2D eigenvalue weighted by Crippen LogP contribution is -2.11. The van der Waals surface area contributed by atoms with Gasteiger partial charge in [0.1, 0.15) is 11.5 Å². The fourth-order valence-electron chi connectivity index (χ4n) is 4.62. The molecule has 0 amide bonds. The second-order valence-electron chi connectivity index (χ2n) is 8.43. The Hall–Kier alpha value is -4.98. The summed E-state index contributed by atoms with van der Waals surface area (Å²) < 4.78 is 4.36. The van der Waals surface area contributed by atoms with Crippen molar-refractivity contribution in [2.24, 2.45) is 24.3 Å². The quantitative estimate of drug-likeness (QED) is 0.202. The van der Waals surface area contributed by atoms with Crippen LogP contribution in [0.5, 0.6) is 0 Å². The summed E-state index contributed by atoms with van der Waals surface area (Å²) in [7, 11) is 4.13. The van der Waals surface area contributed by atoms with Crippen molar-refractivity contribution in [3.63, 3.8) is 0 Å². The molecule has 0 aliphatic heterocycles. The molecule has 2 aromatic carbocycles. The molecule has 0 aliphatic rings. The molecule has 0 bridgehead atoms. The zero-order valence-electron chi connectivity index (χ0n) is 19.9. The molecule has 0 unspecified atom stereocenters. The van der Waals surface area contributed by atoms with Gasteiger partial charge in [0.15, 0.2) is 5.82 Å². The first-order chi connectivity index (χ1) is 17.7. The number of hydrogen-bond donors (Lipinski definition) is 2. The van der Waals surface area contributed by atoms with Gasteiger partial charge < -0.3 is 9.13 Å². The van der Waals surface area contributed by atoms with Crippen LogP contribution in [0.3, 0.4) is 0 Å². The summed E-state index contributed by atoms with van der Waals surface area (Å²) in [5.74, 6) is 1.28. The van der Waals surface area contributed by atoms with Gasteiger partial charge in [-0.25, -0.2) is 9.97 Å². The lowest BCUT2D eigenvalue weighted by atomic mass is 10.1. The molecule has 0 aliphatic carbocycles. The Bertz CT molecular complexity index is 1700. The average Bonchev–Trinajstić information content (AvgIpc) is 3.37. The molecule has 4 aromatic heterocycles. The minimum absolute atomic E-state index is 0.559. The van der Waals surface area contributed by atoms with E-state index in [1.807, 2.05) is 60.7 Å². The third kappa shape index (κ3) is 3.65. The lowest BCUT2D eigenvalue weighted by Gasteiger charge is -2.13. The van der Waals surface area contributed by atoms with Crippen LogP contribution in [-0.4, -0.2) is 19.1 Å². The molecule has 2 N–H and O–H groups in total. The number of hydrazine groups is 1. The molecule has 8 heteroatoms. The van der Waals surface area contributed by atoms with Gasteiger partial charge in [-0.15, -0.1) is 10.2 Å². The van der Waals surface area contributed by atoms with E-state index in [-0.39, 0.29) is 0 Å². The van der Waals surface area contributed by atoms with Gasteiger partial charge in [-0.1, -0.05) is 48.5 Å². The first-order valence-electron chi connectivity index (χ1n) is 11.6. The summed E-state index contributed by atoms with van der Waals surface area (Å²) in [6.45, 7) is 0. The third-order valence-electron chi connectivity index (χ3n) is 6.29. The van der Waals surface area contributed by atoms with E-state index in [4.69, 9.17) is 5.11 Å². The van der Waals surface area contributed by atoms with Crippen molar-refractivity contribution in [1.82, 2.24) is 19.1 Å². The smallest absolute Gasteiger partial charge is 0.174 e. The highest BCUT2D eigenvalue weighted by atomic mass is 15.4. The van der Waals surface area contributed by atoms with Gasteiger partial charge in [-0.3, -0.25) is 10.9 Å². The standard InChI is InChI=1S/C28H24N8/c1-35-21-13-5-3-11-19(21)25(33-31-23-15-7-9-17-29-23)27(35)28-26(34-32-24-16-8-10-18-30-24)20-12-4-6-14-22(20)36(28)2/h3-18,33H,1-2H3,(H,29,31). The summed E-state index contributed by atoms with van der Waals surface area (Å²) in [6.07, 6.45) is 3.47. The topological polar surface area (TPSA) is 84.4 Å². The van der Waals surface area contributed by atoms with Crippen molar-refractivity contribution >= 4 is 44.8 Å². The minimum Gasteiger partial charge on any atom is -0.341 e. The number of para-hydroxylation sites is 2. The molecule has 176 valence electrons. The number of aromatic nitrogens is 4. The molecular weight excluding hydrogens is 448 g/mol. The molecule has 0 radical (unpaired) electrons. The molecule has 6 rings (SSSR count). The number of anilines is 2. The average molecular weight is 473 g/mol. The number of aryl methyl sites for hydroxylation is 2. The number of fused-ring (bicyclic) bond motifs is 2. The van der Waals surface area contributed by atoms with E-state index in [1.54, 1.807) is 12.4 Å². The van der Waals surface area contributed by atoms with E-state index < -0.39 is 0 Å². The number of benzene rings is 2. The Labute approximate surface area is 207 Å². The molecule has 0 saturated heterocycles. The molecule has 0 saturated carbocycles. The number of nitrogens with zero attached hydrogens (tertiary/aromatic N) is 6. The van der Waals surface area contributed by atoms with Crippen LogP contribution in [0.15, 0.2) is 108 Å². The van der Waals surface area contributed by atoms with Gasteiger partial charge in [0.2, 0.25) is 0 Å². The van der Waals surface area contributed by atoms with Crippen LogP contribution in [0.4, 0.5) is 23.0 Å². The molecule has 4 heterocycles. The minimum atomic E-state index is 0.559. The first-order valence-corrected chi connectivity index (χ1v) is 11.6. The van der Waals surface area contributed by atoms with Crippen LogP contribution < -0.4 is 10.9 Å². The van der Waals surface area contributed by atoms with Gasteiger partial charge in [-0.2, -0.15) is 0 Å². The number of azo groups is 1. The number of nitrogens with one attached hydrogen (secondary N) is 2. The van der Waals surface area contributed by atoms with E-state index >= 15 is 0 Å². The maximum Gasteiger partial charge on any atom is 0.174 e. The second-order valence-corrected chi connectivity index (χ2v) is 8.43. The molecule has 0 spiro atoms. The summed E-state index contributed by atoms with van der Waals surface area (Å²) >= 11 is 0. The highest BCUT2D eigenvalue weighted by Gasteiger charge is 2.25. The SMILES string of the molecule is Cn1c(-c2c(NNc3ccccn3)c3ccccc3n2C)c(N=Nc2ccccn2)c2ccccc21. The Morgan fingerprint density at radius 1 is 0.611 bits per heavy atom. The summed E-state index contributed by atoms with van der Waals surface area (Å²) in [5.41, 5.74) is 12.5. The van der Waals surface area contributed by atoms with Crippen LogP contribution in [-0.2, 0) is 14.1 Å². The monoisotopic (exact) mass is 472 g/mol. The van der Waals surface area contributed by atoms with Gasteiger partial charge in [0.25, 0.3) is 0 Å². The fraction of sp³-hybridized carbons (Fsp3) is 0.0714. The van der Waals surface area contributed by atoms with Gasteiger partial charge >= 0.3 is 0 Å². The van der Waals surface area contributed by atoms with E-state index in [0.717, 1.165) is 50.4 Å². The van der Waals surface area contributed by atoms with Crippen LogP contribution in [0.1, 0.15) is 0 Å². The second kappa shape index (κ2) is 8.99. The van der Waals surface area contributed by atoms with Crippen LogP contribution >= 0.6 is 0 Å². The van der Waals surface area contributed by atoms with Gasteiger partial charge in [0.05, 0.1) is 28.1 Å². The van der Waals surface area contributed by atoms with Crippen molar-refractivity contribution in [1.29, 1.82) is 0 Å². The van der Waals surface area contributed by atoms with Crippen molar-refractivity contribution in [2.75, 3.05) is 10.9 Å². The van der Waals surface area contributed by atoms with E-state index in [9.17, 15) is 0 Å². The third-order valence-corrected chi connectivity index (χ3v) is 6.29. The summed E-state index contributed by atoms with van der Waals surface area (Å²) in [5, 5.41) is 11.3. The molecule has 8 nitrogen and oxygen atoms in total.